The molecular weight excluding hydrogens is 338 g/mol. The van der Waals surface area contributed by atoms with Crippen LogP contribution in [0.1, 0.15) is 83.1 Å². The topological polar surface area (TPSA) is 20.2 Å². The number of hydrogen-bond donors (Lipinski definition) is 1. The number of aliphatic hydroxyl groups is 1. The maximum atomic E-state index is 8.52. The molecule has 0 saturated carbocycles. The Morgan fingerprint density at radius 3 is 0.565 bits per heavy atom. The van der Waals surface area contributed by atoms with Gasteiger partial charge in [0.15, 0.2) is 0 Å². The Bertz CT molecular complexity index is 211. The van der Waals surface area contributed by atoms with Crippen LogP contribution in [0.3, 0.4) is 0 Å². The Morgan fingerprint density at radius 1 is 0.478 bits per heavy atom. The SMILES string of the molecule is CC(C)(C)O.CC(C)(C)P(C(C)(C)C)C(C)(C)C.F.F.F.F.[NaH]. The third-order valence-electron chi connectivity index (χ3n) is 2.01. The molecule has 0 saturated heterocycles. The Kier molecular flexibility index (Phi) is 27.3. The molecular formula is C16H42F4NaOP. The van der Waals surface area contributed by atoms with Crippen molar-refractivity contribution in [2.24, 2.45) is 0 Å². The molecule has 0 rings (SSSR count). The molecule has 0 amide bonds. The molecule has 0 aromatic rings. The normalized spacial score (nSPS) is 11.2. The molecule has 0 heterocycles. The van der Waals surface area contributed by atoms with Gasteiger partial charge in [0, 0.05) is 0 Å². The van der Waals surface area contributed by atoms with Crippen molar-refractivity contribution in [3.63, 3.8) is 0 Å². The van der Waals surface area contributed by atoms with Crippen LogP contribution in [0.25, 0.3) is 0 Å². The van der Waals surface area contributed by atoms with Crippen molar-refractivity contribution >= 4 is 37.5 Å². The zero-order valence-corrected chi connectivity index (χ0v) is 17.4. The quantitative estimate of drug-likeness (QED) is 0.329. The molecule has 1 nitrogen and oxygen atoms in total. The van der Waals surface area contributed by atoms with Gasteiger partial charge in [-0.15, -0.1) is 0 Å². The van der Waals surface area contributed by atoms with Gasteiger partial charge in [-0.1, -0.05) is 70.2 Å². The second-order valence-electron chi connectivity index (χ2n) is 9.02. The fourth-order valence-electron chi connectivity index (χ4n) is 3.02. The molecule has 0 aliphatic rings. The molecule has 7 heteroatoms. The van der Waals surface area contributed by atoms with E-state index in [1.165, 1.54) is 0 Å². The summed E-state index contributed by atoms with van der Waals surface area (Å²) in [7, 11) is 0.0162. The summed E-state index contributed by atoms with van der Waals surface area (Å²) < 4.78 is 0. The molecule has 0 spiro atoms. The van der Waals surface area contributed by atoms with Crippen molar-refractivity contribution in [2.75, 3.05) is 0 Å². The molecule has 0 bridgehead atoms. The van der Waals surface area contributed by atoms with Crippen LogP contribution in [-0.2, 0) is 0 Å². The van der Waals surface area contributed by atoms with Crippen LogP contribution in [0.2, 0.25) is 0 Å². The summed E-state index contributed by atoms with van der Waals surface area (Å²) in [6.45, 7) is 26.7. The first-order valence-corrected chi connectivity index (χ1v) is 8.24. The molecule has 0 aliphatic carbocycles. The van der Waals surface area contributed by atoms with E-state index >= 15 is 0 Å². The van der Waals surface area contributed by atoms with Gasteiger partial charge in [0.2, 0.25) is 0 Å². The summed E-state index contributed by atoms with van der Waals surface area (Å²) in [5.74, 6) is 0. The number of hydrogen-bond acceptors (Lipinski definition) is 1. The predicted octanol–water partition coefficient (Wildman–Crippen LogP) is 5.60. The molecule has 0 radical (unpaired) electrons. The summed E-state index contributed by atoms with van der Waals surface area (Å²) >= 11 is 0. The van der Waals surface area contributed by atoms with Crippen LogP contribution in [-0.4, -0.2) is 55.7 Å². The van der Waals surface area contributed by atoms with Crippen molar-refractivity contribution in [1.29, 1.82) is 0 Å². The Hall–Kier alpha value is 1.11. The van der Waals surface area contributed by atoms with Crippen molar-refractivity contribution in [2.45, 2.75) is 104 Å². The number of rotatable bonds is 0. The second-order valence-corrected chi connectivity index (χ2v) is 13.7. The third-order valence-corrected chi connectivity index (χ3v) is 6.04. The minimum atomic E-state index is -0.500. The standard InChI is InChI=1S/C12H27P.C4H10O.4FH.Na.H/c1-10(2,3)13(11(4,5)6)12(7,8)9;1-4(2,3)5;;;;;;/h1-9H3;5H,1-3H3;4*1H;;. The average Bonchev–Trinajstić information content (AvgIpc) is 1.65. The first-order chi connectivity index (χ1) is 7.37. The number of halogens is 4. The maximum absolute atomic E-state index is 8.52. The van der Waals surface area contributed by atoms with Crippen LogP contribution >= 0.6 is 7.92 Å². The van der Waals surface area contributed by atoms with Gasteiger partial charge < -0.3 is 5.11 Å². The molecule has 1 N–H and O–H groups in total. The van der Waals surface area contributed by atoms with Crippen molar-refractivity contribution in [1.82, 2.24) is 0 Å². The zero-order chi connectivity index (χ0) is 15.6. The van der Waals surface area contributed by atoms with E-state index in [9.17, 15) is 0 Å². The van der Waals surface area contributed by atoms with E-state index in [4.69, 9.17) is 5.11 Å². The van der Waals surface area contributed by atoms with Crippen LogP contribution in [0.5, 0.6) is 0 Å². The van der Waals surface area contributed by atoms with Gasteiger partial charge in [0.1, 0.15) is 0 Å². The van der Waals surface area contributed by atoms with Gasteiger partial charge in [-0.25, -0.2) is 0 Å². The molecule has 0 aliphatic heterocycles. The molecule has 0 aromatic carbocycles. The van der Waals surface area contributed by atoms with Crippen LogP contribution in [0.4, 0.5) is 18.8 Å². The van der Waals surface area contributed by atoms with Crippen molar-refractivity contribution in [3.8, 4) is 0 Å². The summed E-state index contributed by atoms with van der Waals surface area (Å²) in [6.07, 6.45) is 0. The van der Waals surface area contributed by atoms with Gasteiger partial charge >= 0.3 is 29.6 Å². The Labute approximate surface area is 165 Å². The van der Waals surface area contributed by atoms with Crippen molar-refractivity contribution in [3.05, 3.63) is 0 Å². The Balaban J connectivity index is -0.0000000455. The van der Waals surface area contributed by atoms with Gasteiger partial charge in [-0.3, -0.25) is 18.8 Å². The van der Waals surface area contributed by atoms with E-state index in [1.54, 1.807) is 20.8 Å². The fourth-order valence-corrected chi connectivity index (χ4v) is 9.06. The monoisotopic (exact) mass is 380 g/mol. The second kappa shape index (κ2) is 14.3. The van der Waals surface area contributed by atoms with E-state index in [-0.39, 0.29) is 56.3 Å². The molecule has 0 atom stereocenters. The van der Waals surface area contributed by atoms with Gasteiger partial charge in [-0.05, 0) is 36.2 Å². The summed E-state index contributed by atoms with van der Waals surface area (Å²) in [4.78, 5) is 0. The summed E-state index contributed by atoms with van der Waals surface area (Å²) in [5.41, 5.74) is -0.500. The van der Waals surface area contributed by atoms with Crippen molar-refractivity contribution < 1.29 is 23.9 Å². The average molecular weight is 380 g/mol. The van der Waals surface area contributed by atoms with Gasteiger partial charge in [0.05, 0.1) is 5.60 Å². The van der Waals surface area contributed by atoms with Gasteiger partial charge in [-0.2, -0.15) is 0 Å². The van der Waals surface area contributed by atoms with E-state index in [1.807, 2.05) is 0 Å². The van der Waals surface area contributed by atoms with Crippen LogP contribution in [0, 0.1) is 0 Å². The van der Waals surface area contributed by atoms with Gasteiger partial charge in [0.25, 0.3) is 0 Å². The van der Waals surface area contributed by atoms with Crippen LogP contribution < -0.4 is 0 Å². The summed E-state index contributed by atoms with van der Waals surface area (Å²) in [6, 6.07) is 0. The summed E-state index contributed by atoms with van der Waals surface area (Å²) in [5, 5.41) is 9.87. The molecule has 0 unspecified atom stereocenters. The first-order valence-electron chi connectivity index (χ1n) is 6.89. The predicted molar refractivity (Wildman–Crippen MR) is 105 cm³/mol. The fraction of sp³-hybridized carbons (Fsp3) is 1.00. The van der Waals surface area contributed by atoms with E-state index < -0.39 is 5.60 Å². The molecule has 0 aromatic heterocycles. The van der Waals surface area contributed by atoms with E-state index in [0.29, 0.717) is 15.5 Å². The molecule has 0 fully saturated rings. The molecule has 23 heavy (non-hydrogen) atoms. The minimum absolute atomic E-state index is 0. The third kappa shape index (κ3) is 28.2. The van der Waals surface area contributed by atoms with E-state index in [0.717, 1.165) is 0 Å². The van der Waals surface area contributed by atoms with E-state index in [2.05, 4.69) is 62.3 Å². The molecule has 146 valence electrons. The first kappa shape index (κ1) is 44.0. The van der Waals surface area contributed by atoms with Crippen LogP contribution in [0.15, 0.2) is 0 Å². The zero-order valence-electron chi connectivity index (χ0n) is 16.5. The Morgan fingerprint density at radius 2 is 0.565 bits per heavy atom.